The van der Waals surface area contributed by atoms with Gasteiger partial charge >= 0.3 is 5.97 Å². The zero-order valence-electron chi connectivity index (χ0n) is 16.5. The van der Waals surface area contributed by atoms with Crippen LogP contribution in [0.3, 0.4) is 0 Å². The number of hydrogen-bond acceptors (Lipinski definition) is 5. The van der Waals surface area contributed by atoms with Crippen LogP contribution in [0.2, 0.25) is 5.02 Å². The molecule has 1 atom stereocenters. The van der Waals surface area contributed by atoms with E-state index in [4.69, 9.17) is 25.8 Å². The lowest BCUT2D eigenvalue weighted by Crippen LogP contribution is -2.42. The standard InChI is InChI=1S/C22H24ClNO5/c1-3-13-28-16-7-9-17(10-8-16)29-22(26)19-5-4-12-24(19)21(25)18-14-15(23)6-11-20(18)27-2/h6-11,14,19H,3-5,12-13H2,1-2H3. The number of rotatable bonds is 7. The lowest BCUT2D eigenvalue weighted by molar-refractivity contribution is -0.138. The minimum Gasteiger partial charge on any atom is -0.496 e. The van der Waals surface area contributed by atoms with Crippen LogP contribution in [0.25, 0.3) is 0 Å². The molecule has 1 unspecified atom stereocenters. The van der Waals surface area contributed by atoms with Crippen LogP contribution in [-0.2, 0) is 4.79 Å². The van der Waals surface area contributed by atoms with Crippen molar-refractivity contribution in [1.29, 1.82) is 0 Å². The summed E-state index contributed by atoms with van der Waals surface area (Å²) in [6.45, 7) is 3.13. The summed E-state index contributed by atoms with van der Waals surface area (Å²) in [7, 11) is 1.49. The van der Waals surface area contributed by atoms with Gasteiger partial charge in [0.2, 0.25) is 0 Å². The van der Waals surface area contributed by atoms with Crippen molar-refractivity contribution >= 4 is 23.5 Å². The molecule has 154 valence electrons. The smallest absolute Gasteiger partial charge is 0.334 e. The lowest BCUT2D eigenvalue weighted by atomic mass is 10.1. The van der Waals surface area contributed by atoms with Gasteiger partial charge in [-0.25, -0.2) is 4.79 Å². The zero-order chi connectivity index (χ0) is 20.8. The zero-order valence-corrected chi connectivity index (χ0v) is 17.3. The highest BCUT2D eigenvalue weighted by molar-refractivity contribution is 6.31. The molecule has 0 saturated carbocycles. The van der Waals surface area contributed by atoms with E-state index in [1.54, 1.807) is 42.5 Å². The van der Waals surface area contributed by atoms with Crippen molar-refractivity contribution in [2.45, 2.75) is 32.2 Å². The van der Waals surface area contributed by atoms with Gasteiger partial charge < -0.3 is 19.1 Å². The molecule has 1 heterocycles. The summed E-state index contributed by atoms with van der Waals surface area (Å²) in [6, 6.07) is 11.1. The molecule has 0 aliphatic carbocycles. The van der Waals surface area contributed by atoms with Crippen molar-refractivity contribution in [2.24, 2.45) is 0 Å². The number of ether oxygens (including phenoxy) is 3. The Bertz CT molecular complexity index is 868. The number of nitrogens with zero attached hydrogens (tertiary/aromatic N) is 1. The van der Waals surface area contributed by atoms with Crippen LogP contribution >= 0.6 is 11.6 Å². The number of carbonyl (C=O) groups is 2. The van der Waals surface area contributed by atoms with Crippen LogP contribution in [-0.4, -0.2) is 43.1 Å². The molecule has 1 saturated heterocycles. The molecule has 0 aromatic heterocycles. The second kappa shape index (κ2) is 9.65. The van der Waals surface area contributed by atoms with E-state index in [-0.39, 0.29) is 5.91 Å². The number of esters is 1. The largest absolute Gasteiger partial charge is 0.496 e. The minimum absolute atomic E-state index is 0.299. The third kappa shape index (κ3) is 5.01. The van der Waals surface area contributed by atoms with Gasteiger partial charge in [-0.15, -0.1) is 0 Å². The van der Waals surface area contributed by atoms with Crippen LogP contribution in [0.1, 0.15) is 36.5 Å². The summed E-state index contributed by atoms with van der Waals surface area (Å²) in [6.07, 6.45) is 2.18. The molecule has 0 radical (unpaired) electrons. The molecule has 1 aliphatic rings. The number of methoxy groups -OCH3 is 1. The Morgan fingerprint density at radius 1 is 1.14 bits per heavy atom. The van der Waals surface area contributed by atoms with Crippen LogP contribution in [0, 0.1) is 0 Å². The average Bonchev–Trinajstić information content (AvgIpc) is 3.22. The van der Waals surface area contributed by atoms with E-state index >= 15 is 0 Å². The van der Waals surface area contributed by atoms with Gasteiger partial charge in [-0.1, -0.05) is 18.5 Å². The van der Waals surface area contributed by atoms with Gasteiger partial charge in [0.25, 0.3) is 5.91 Å². The van der Waals surface area contributed by atoms with Crippen molar-refractivity contribution in [3.8, 4) is 17.2 Å². The lowest BCUT2D eigenvalue weighted by Gasteiger charge is -2.24. The SMILES string of the molecule is CCCOc1ccc(OC(=O)C2CCCN2C(=O)c2cc(Cl)ccc2OC)cc1. The molecule has 7 heteroatoms. The van der Waals surface area contributed by atoms with E-state index in [1.807, 2.05) is 6.92 Å². The first-order chi connectivity index (χ1) is 14.0. The molecule has 3 rings (SSSR count). The fourth-order valence-electron chi connectivity index (χ4n) is 3.26. The molecular weight excluding hydrogens is 394 g/mol. The average molecular weight is 418 g/mol. The Balaban J connectivity index is 1.71. The molecule has 0 bridgehead atoms. The van der Waals surface area contributed by atoms with Gasteiger partial charge in [0.1, 0.15) is 23.3 Å². The van der Waals surface area contributed by atoms with Gasteiger partial charge in [-0.3, -0.25) is 4.79 Å². The molecule has 2 aromatic rings. The van der Waals surface area contributed by atoms with Crippen LogP contribution in [0.4, 0.5) is 0 Å². The molecule has 0 spiro atoms. The number of hydrogen-bond donors (Lipinski definition) is 0. The number of halogens is 1. The fourth-order valence-corrected chi connectivity index (χ4v) is 3.44. The molecule has 1 aliphatic heterocycles. The number of likely N-dealkylation sites (tertiary alicyclic amines) is 1. The Morgan fingerprint density at radius 2 is 1.86 bits per heavy atom. The first-order valence-electron chi connectivity index (χ1n) is 9.62. The second-order valence-electron chi connectivity index (χ2n) is 6.74. The van der Waals surface area contributed by atoms with Gasteiger partial charge in [0.15, 0.2) is 0 Å². The summed E-state index contributed by atoms with van der Waals surface area (Å²) in [4.78, 5) is 27.3. The molecule has 1 amide bonds. The monoisotopic (exact) mass is 417 g/mol. The molecule has 2 aromatic carbocycles. The molecule has 6 nitrogen and oxygen atoms in total. The molecule has 0 N–H and O–H groups in total. The van der Waals surface area contributed by atoms with Gasteiger partial charge in [-0.2, -0.15) is 0 Å². The Labute approximate surface area is 175 Å². The van der Waals surface area contributed by atoms with E-state index in [0.29, 0.717) is 41.7 Å². The highest BCUT2D eigenvalue weighted by atomic mass is 35.5. The summed E-state index contributed by atoms with van der Waals surface area (Å²) in [5.74, 6) is 0.795. The van der Waals surface area contributed by atoms with Crippen molar-refractivity contribution in [3.05, 3.63) is 53.1 Å². The predicted octanol–water partition coefficient (Wildman–Crippen LogP) is 4.35. The fraction of sp³-hybridized carbons (Fsp3) is 0.364. The van der Waals surface area contributed by atoms with E-state index < -0.39 is 12.0 Å². The Kier molecular flexibility index (Phi) is 6.99. The summed E-state index contributed by atoms with van der Waals surface area (Å²) in [5.41, 5.74) is 0.331. The first-order valence-corrected chi connectivity index (χ1v) is 10.0. The van der Waals surface area contributed by atoms with Gasteiger partial charge in [0.05, 0.1) is 19.3 Å². The minimum atomic E-state index is -0.651. The van der Waals surface area contributed by atoms with E-state index in [0.717, 1.165) is 18.6 Å². The van der Waals surface area contributed by atoms with E-state index in [1.165, 1.54) is 12.0 Å². The molecular formula is C22H24ClNO5. The van der Waals surface area contributed by atoms with Gasteiger partial charge in [0, 0.05) is 11.6 Å². The second-order valence-corrected chi connectivity index (χ2v) is 7.18. The van der Waals surface area contributed by atoms with E-state index in [2.05, 4.69) is 0 Å². The van der Waals surface area contributed by atoms with E-state index in [9.17, 15) is 9.59 Å². The third-order valence-corrected chi connectivity index (χ3v) is 4.93. The maximum Gasteiger partial charge on any atom is 0.334 e. The molecule has 29 heavy (non-hydrogen) atoms. The quantitative estimate of drug-likeness (QED) is 0.495. The van der Waals surface area contributed by atoms with Crippen molar-refractivity contribution in [2.75, 3.05) is 20.3 Å². The third-order valence-electron chi connectivity index (χ3n) is 4.69. The van der Waals surface area contributed by atoms with Crippen molar-refractivity contribution in [3.63, 3.8) is 0 Å². The summed E-state index contributed by atoms with van der Waals surface area (Å²) < 4.78 is 16.3. The number of amides is 1. The van der Waals surface area contributed by atoms with Crippen LogP contribution in [0.5, 0.6) is 17.2 Å². The van der Waals surface area contributed by atoms with Crippen LogP contribution < -0.4 is 14.2 Å². The number of benzene rings is 2. The topological polar surface area (TPSA) is 65.1 Å². The van der Waals surface area contributed by atoms with Gasteiger partial charge in [-0.05, 0) is 61.7 Å². The van der Waals surface area contributed by atoms with Crippen LogP contribution in [0.15, 0.2) is 42.5 Å². The Hall–Kier alpha value is -2.73. The normalized spacial score (nSPS) is 15.8. The highest BCUT2D eigenvalue weighted by Gasteiger charge is 2.37. The maximum absolute atomic E-state index is 13.1. The highest BCUT2D eigenvalue weighted by Crippen LogP contribution is 2.28. The van der Waals surface area contributed by atoms with Crippen molar-refractivity contribution in [1.82, 2.24) is 4.90 Å². The summed E-state index contributed by atoms with van der Waals surface area (Å²) in [5, 5.41) is 0.429. The predicted molar refractivity (Wildman–Crippen MR) is 110 cm³/mol. The van der Waals surface area contributed by atoms with Crippen molar-refractivity contribution < 1.29 is 23.8 Å². The first kappa shape index (κ1) is 21.0. The molecule has 1 fully saturated rings. The summed E-state index contributed by atoms with van der Waals surface area (Å²) >= 11 is 6.05. The Morgan fingerprint density at radius 3 is 2.55 bits per heavy atom. The number of carbonyl (C=O) groups excluding carboxylic acids is 2. The maximum atomic E-state index is 13.1.